The number of rotatable bonds is 57. The van der Waals surface area contributed by atoms with Gasteiger partial charge in [0.1, 0.15) is 54.6 Å². The molecule has 0 aliphatic rings. The summed E-state index contributed by atoms with van der Waals surface area (Å²) in [6, 6.07) is 62.0. The molecule has 716 valence electrons. The molecular weight excluding hydrogens is 1740 g/mol. The lowest BCUT2D eigenvalue weighted by Gasteiger charge is -2.30. The van der Waals surface area contributed by atoms with E-state index in [1.54, 1.807) is 129 Å². The maximum absolute atomic E-state index is 15.9. The van der Waals surface area contributed by atoms with Gasteiger partial charge in [-0.05, 0) is 133 Å². The van der Waals surface area contributed by atoms with Crippen LogP contribution in [0.1, 0.15) is 121 Å². The van der Waals surface area contributed by atoms with E-state index in [2.05, 4.69) is 70.5 Å². The van der Waals surface area contributed by atoms with E-state index in [1.807, 2.05) is 136 Å². The number of hydrogen-bond donors (Lipinski definition) is 11. The molecule has 0 aromatic heterocycles. The third-order valence-corrected chi connectivity index (χ3v) is 23.5. The number of thioether (sulfide) groups is 1. The zero-order chi connectivity index (χ0) is 96.6. The van der Waals surface area contributed by atoms with Crippen molar-refractivity contribution in [2.24, 2.45) is 22.7 Å². The van der Waals surface area contributed by atoms with Crippen molar-refractivity contribution < 1.29 is 76.7 Å². The van der Waals surface area contributed by atoms with Crippen LogP contribution < -0.4 is 58.9 Å². The van der Waals surface area contributed by atoms with Crippen LogP contribution in [-0.4, -0.2) is 189 Å². The third kappa shape index (κ3) is 37.2. The summed E-state index contributed by atoms with van der Waals surface area (Å²) in [5.41, 5.74) is 15.6. The molecule has 12 N–H and O–H groups in total. The van der Waals surface area contributed by atoms with E-state index in [9.17, 15) is 29.3 Å². The Hall–Kier alpha value is -13.3. The molecular formula is C104H127N13O17S. The Balaban J connectivity index is 1.04. The maximum atomic E-state index is 15.9. The number of oxime groups is 1. The van der Waals surface area contributed by atoms with Crippen LogP contribution in [0.25, 0.3) is 0 Å². The number of nitro groups is 1. The van der Waals surface area contributed by atoms with Gasteiger partial charge in [0, 0.05) is 74.1 Å². The molecule has 135 heavy (non-hydrogen) atoms. The smallest absolute Gasteiger partial charge is 0.357 e. The van der Waals surface area contributed by atoms with Gasteiger partial charge in [-0.25, -0.2) is 9.59 Å². The summed E-state index contributed by atoms with van der Waals surface area (Å²) in [6.07, 6.45) is 4.57. The summed E-state index contributed by atoms with van der Waals surface area (Å²) < 4.78 is 24.0. The SMILES string of the molecule is CCC(C)[C@H](NC(=O)[C@H](Cc1ccccc1)NC(=O)[C@H](Cc1ccc(CCc2ccccc2)cc1)NC(=O)[C@H](CNC(=O)NC[C@H](N)CCSC)NC(=O)[C@@H](NC(=O)[C@H](COCc1ccccc1)NC(=O)[C@H](Cc1ccc(CCc2ccccc2)cc1)NC(=O)COCCOCCNC(=O)[C@@H](C)CC)C(C)OCc1ccccc1)C(=O)O/N=C(/c1ccc(C)cc1)c1ccc([N+](=O)[O-])cc1. The number of nitrogens with one attached hydrogen (secondary N) is 10. The number of nitrogens with two attached hydrogens (primary N) is 1. The molecule has 0 radical (unpaired) electrons. The first-order valence-electron chi connectivity index (χ1n) is 45.8. The molecule has 30 nitrogen and oxygen atoms in total. The van der Waals surface area contributed by atoms with Crippen LogP contribution in [0.15, 0.2) is 254 Å². The van der Waals surface area contributed by atoms with Crippen molar-refractivity contribution in [1.82, 2.24) is 53.2 Å². The lowest BCUT2D eigenvalue weighted by molar-refractivity contribution is -0.384. The number of carbonyl (C=O) groups excluding carboxylic acids is 10. The van der Waals surface area contributed by atoms with Crippen molar-refractivity contribution in [1.29, 1.82) is 0 Å². The Morgan fingerprint density at radius 3 is 1.36 bits per heavy atom. The van der Waals surface area contributed by atoms with Gasteiger partial charge in [-0.15, -0.1) is 0 Å². The van der Waals surface area contributed by atoms with Gasteiger partial charge in [-0.3, -0.25) is 48.5 Å². The summed E-state index contributed by atoms with van der Waals surface area (Å²) in [5, 5.41) is 44.1. The predicted molar refractivity (Wildman–Crippen MR) is 520 cm³/mol. The van der Waals surface area contributed by atoms with E-state index < -0.39 is 138 Å². The molecule has 10 amide bonds. The second kappa shape index (κ2) is 57.3. The van der Waals surface area contributed by atoms with Gasteiger partial charge in [0.25, 0.3) is 5.69 Å². The molecule has 9 aromatic rings. The molecule has 31 heteroatoms. The average molecular weight is 1860 g/mol. The monoisotopic (exact) mass is 1860 g/mol. The molecule has 9 rings (SSSR count). The number of carbonyl (C=O) groups is 10. The molecule has 0 saturated heterocycles. The van der Waals surface area contributed by atoms with Crippen LogP contribution in [0.2, 0.25) is 0 Å². The molecule has 0 saturated carbocycles. The minimum absolute atomic E-state index is 0.00772. The number of non-ortho nitro benzene ring substituents is 1. The van der Waals surface area contributed by atoms with E-state index in [4.69, 9.17) is 29.5 Å². The van der Waals surface area contributed by atoms with Crippen molar-refractivity contribution in [2.45, 2.75) is 173 Å². The summed E-state index contributed by atoms with van der Waals surface area (Å²) >= 11 is 1.57. The molecule has 0 fully saturated rings. The molecule has 0 bridgehead atoms. The number of benzene rings is 9. The van der Waals surface area contributed by atoms with Crippen molar-refractivity contribution >= 4 is 82.4 Å². The Bertz CT molecular complexity index is 5230. The molecule has 0 aliphatic heterocycles. The number of aryl methyl sites for hydroxylation is 5. The fourth-order valence-corrected chi connectivity index (χ4v) is 14.8. The number of hydrogen-bond acceptors (Lipinski definition) is 20. The largest absolute Gasteiger partial charge is 0.377 e. The standard InChI is InChI=1S/C104H127N13O17S/c1-8-71(4)93(103(126)134-116-95(83-49-35-70(3)36-50-83)84-51-53-86(54-52-84)117(128)129)114-99(122)89(61-78-29-19-12-20-30-78)110-98(121)88(63-80-47-43-77(44-48-80)40-38-75-27-17-11-18-28-75)111-100(123)90(65-108-104(127)107-64-85(105)55-60-135-7)112-102(125)94(73(6)133-67-82-33-23-14-24-34-82)115-101(124)91(68-132-66-81-31-21-13-22-32-81)113-97(120)87(62-79-45-41-76(42-46-79)39-37-74-25-15-10-16-26-74)109-92(118)69-131-59-58-130-57-56-106-96(119)72(5)9-2/h10-36,41-54,71-73,85,87-91,93-94H,8-9,37-40,55-69,105H2,1-7H3,(H,106,119)(H,109,118)(H,110,121)(H,111,123)(H,112,125)(H,113,120)(H,114,122)(H,115,124)(H2,107,108,127)/b116-95-/t71?,72-,73?,85+,87-,88-,89-,90-,91-,93-,94-/m0/s1. The lowest BCUT2D eigenvalue weighted by atomic mass is 9.97. The van der Waals surface area contributed by atoms with Crippen molar-refractivity contribution in [3.63, 3.8) is 0 Å². The van der Waals surface area contributed by atoms with Gasteiger partial charge >= 0.3 is 12.0 Å². The summed E-state index contributed by atoms with van der Waals surface area (Å²) in [7, 11) is 0. The van der Waals surface area contributed by atoms with Crippen LogP contribution in [0, 0.1) is 28.9 Å². The highest BCUT2D eigenvalue weighted by molar-refractivity contribution is 7.98. The molecule has 0 spiro atoms. The Morgan fingerprint density at radius 1 is 0.430 bits per heavy atom. The van der Waals surface area contributed by atoms with Crippen molar-refractivity contribution in [2.75, 3.05) is 64.7 Å². The fourth-order valence-electron chi connectivity index (χ4n) is 14.3. The number of ether oxygens (including phenoxy) is 4. The highest BCUT2D eigenvalue weighted by atomic mass is 32.2. The number of amides is 10. The minimum atomic E-state index is -1.82. The first-order chi connectivity index (χ1) is 65.3. The van der Waals surface area contributed by atoms with Crippen LogP contribution >= 0.6 is 11.8 Å². The average Bonchev–Trinajstić information content (AvgIpc) is 0.823. The van der Waals surface area contributed by atoms with E-state index in [0.29, 0.717) is 83.2 Å². The van der Waals surface area contributed by atoms with Crippen LogP contribution in [0.4, 0.5) is 10.5 Å². The summed E-state index contributed by atoms with van der Waals surface area (Å²) in [6.45, 7) is 9.39. The van der Waals surface area contributed by atoms with Gasteiger partial charge in [0.2, 0.25) is 47.3 Å². The van der Waals surface area contributed by atoms with Gasteiger partial charge in [0.15, 0.2) is 0 Å². The third-order valence-electron chi connectivity index (χ3n) is 22.8. The van der Waals surface area contributed by atoms with Crippen molar-refractivity contribution in [3.05, 3.63) is 326 Å². The van der Waals surface area contributed by atoms with Crippen LogP contribution in [-0.2, 0) is 125 Å². The summed E-state index contributed by atoms with van der Waals surface area (Å²) in [4.78, 5) is 166. The van der Waals surface area contributed by atoms with Crippen LogP contribution in [0.5, 0.6) is 0 Å². The number of urea groups is 1. The Morgan fingerprint density at radius 2 is 0.852 bits per heavy atom. The van der Waals surface area contributed by atoms with E-state index in [0.717, 1.165) is 34.2 Å². The molecule has 0 aliphatic carbocycles. The first kappa shape index (κ1) is 105. The fraction of sp³-hybridized carbons (Fsp3) is 0.375. The topological polar surface area (TPSA) is 419 Å². The second-order valence-electron chi connectivity index (χ2n) is 33.3. The van der Waals surface area contributed by atoms with E-state index in [1.165, 1.54) is 31.2 Å². The predicted octanol–water partition coefficient (Wildman–Crippen LogP) is 10.3. The van der Waals surface area contributed by atoms with Crippen LogP contribution in [0.3, 0.4) is 0 Å². The molecule has 2 unspecified atom stereocenters. The Kier molecular flexibility index (Phi) is 44.7. The van der Waals surface area contributed by atoms with Gasteiger partial charge in [-0.1, -0.05) is 269 Å². The zero-order valence-corrected chi connectivity index (χ0v) is 78.5. The van der Waals surface area contributed by atoms with Gasteiger partial charge in [-0.2, -0.15) is 11.8 Å². The zero-order valence-electron chi connectivity index (χ0n) is 77.7. The van der Waals surface area contributed by atoms with Gasteiger partial charge < -0.3 is 82.7 Å². The normalized spacial score (nSPS) is 13.7. The maximum Gasteiger partial charge on any atom is 0.357 e. The number of nitro benzene ring substituents is 1. The Labute approximate surface area is 794 Å². The number of nitrogens with zero attached hydrogens (tertiary/aromatic N) is 2. The quantitative estimate of drug-likeness (QED) is 0.00555. The molecule has 0 heterocycles. The molecule has 11 atom stereocenters. The summed E-state index contributed by atoms with van der Waals surface area (Å²) in [5.74, 6) is -7.49. The minimum Gasteiger partial charge on any atom is -0.377 e. The second-order valence-corrected chi connectivity index (χ2v) is 34.3. The van der Waals surface area contributed by atoms with E-state index in [-0.39, 0.29) is 88.6 Å². The lowest BCUT2D eigenvalue weighted by Crippen LogP contribution is -2.64. The molecule has 9 aromatic carbocycles. The van der Waals surface area contributed by atoms with E-state index >= 15 is 28.8 Å². The highest BCUT2D eigenvalue weighted by Gasteiger charge is 2.39. The van der Waals surface area contributed by atoms with Gasteiger partial charge in [0.05, 0.1) is 50.7 Å². The first-order valence-corrected chi connectivity index (χ1v) is 47.2. The highest BCUT2D eigenvalue weighted by Crippen LogP contribution is 2.22. The van der Waals surface area contributed by atoms with Crippen molar-refractivity contribution in [3.8, 4) is 0 Å².